The number of amidine groups is 1. The molecule has 11 heteroatoms. The van der Waals surface area contributed by atoms with E-state index >= 15 is 0 Å². The van der Waals surface area contributed by atoms with Gasteiger partial charge in [-0.1, -0.05) is 12.1 Å². The van der Waals surface area contributed by atoms with Crippen LogP contribution in [0.2, 0.25) is 0 Å². The molecule has 1 aromatic heterocycles. The number of carbonyl (C=O) groups excluding carboxylic acids is 2. The van der Waals surface area contributed by atoms with E-state index in [2.05, 4.69) is 19.6 Å². The van der Waals surface area contributed by atoms with Gasteiger partial charge in [-0.25, -0.2) is 18.2 Å². The maximum Gasteiger partial charge on any atom is 0.339 e. The summed E-state index contributed by atoms with van der Waals surface area (Å²) in [7, 11) is -3.58. The molecule has 0 radical (unpaired) electrons. The first kappa shape index (κ1) is 22.7. The molecule has 2 aliphatic heterocycles. The maximum absolute atomic E-state index is 12.6. The van der Waals surface area contributed by atoms with E-state index in [0.29, 0.717) is 43.9 Å². The third kappa shape index (κ3) is 4.98. The first-order valence-corrected chi connectivity index (χ1v) is 12.2. The number of rotatable bonds is 6. The Labute approximate surface area is 192 Å². The number of hydrogen-bond donors (Lipinski definition) is 1. The number of benzene rings is 1. The standard InChI is InChI=1S/C22H25N5O5S/c1-2-32-22(29)16-7-8-19(24-15-16)26-11-13-27(14-12-26)20(28)9-10-23-21-17-5-3-4-6-18(17)33(30,31)25-21/h3-8,15H,2,9-14H2,1H3,(H,23,25). The Bertz CT molecular complexity index is 1170. The highest BCUT2D eigenvalue weighted by atomic mass is 32.2. The molecular formula is C22H25N5O5S. The smallest absolute Gasteiger partial charge is 0.339 e. The van der Waals surface area contributed by atoms with Crippen molar-refractivity contribution in [2.45, 2.75) is 18.2 Å². The number of hydrogen-bond acceptors (Lipinski definition) is 8. The number of anilines is 1. The number of amides is 1. The van der Waals surface area contributed by atoms with Gasteiger partial charge >= 0.3 is 5.97 Å². The van der Waals surface area contributed by atoms with Gasteiger partial charge < -0.3 is 14.5 Å². The van der Waals surface area contributed by atoms with Gasteiger partial charge in [0, 0.05) is 44.4 Å². The van der Waals surface area contributed by atoms with E-state index in [0.717, 1.165) is 5.82 Å². The molecule has 2 aliphatic rings. The molecule has 1 saturated heterocycles. The lowest BCUT2D eigenvalue weighted by Crippen LogP contribution is -2.49. The van der Waals surface area contributed by atoms with Crippen LogP contribution in [-0.4, -0.2) is 75.3 Å². The Hall–Kier alpha value is -3.47. The van der Waals surface area contributed by atoms with Gasteiger partial charge in [-0.3, -0.25) is 14.5 Å². The molecule has 0 bridgehead atoms. The maximum atomic E-state index is 12.6. The van der Waals surface area contributed by atoms with Crippen molar-refractivity contribution in [2.24, 2.45) is 4.99 Å². The summed E-state index contributed by atoms with van der Waals surface area (Å²) in [6.45, 7) is 4.60. The largest absolute Gasteiger partial charge is 0.462 e. The number of carbonyl (C=O) groups is 2. The second-order valence-electron chi connectivity index (χ2n) is 7.58. The number of ether oxygens (including phenoxy) is 1. The molecule has 1 fully saturated rings. The molecule has 1 N–H and O–H groups in total. The second kappa shape index (κ2) is 9.57. The Morgan fingerprint density at radius 3 is 2.58 bits per heavy atom. The van der Waals surface area contributed by atoms with E-state index in [1.807, 2.05) is 0 Å². The van der Waals surface area contributed by atoms with Gasteiger partial charge in [0.2, 0.25) is 5.91 Å². The summed E-state index contributed by atoms with van der Waals surface area (Å²) in [4.78, 5) is 37.0. The van der Waals surface area contributed by atoms with Crippen LogP contribution in [0.25, 0.3) is 0 Å². The Balaban J connectivity index is 1.28. The first-order chi connectivity index (χ1) is 15.9. The predicted molar refractivity (Wildman–Crippen MR) is 122 cm³/mol. The fraction of sp³-hybridized carbons (Fsp3) is 0.364. The van der Waals surface area contributed by atoms with Crippen LogP contribution in [0.5, 0.6) is 0 Å². The van der Waals surface area contributed by atoms with Crippen molar-refractivity contribution in [3.05, 3.63) is 53.7 Å². The van der Waals surface area contributed by atoms with E-state index in [4.69, 9.17) is 4.74 Å². The van der Waals surface area contributed by atoms with Crippen LogP contribution in [0.3, 0.4) is 0 Å². The Morgan fingerprint density at radius 1 is 1.12 bits per heavy atom. The number of fused-ring (bicyclic) bond motifs is 1. The molecule has 10 nitrogen and oxygen atoms in total. The lowest BCUT2D eigenvalue weighted by Gasteiger charge is -2.35. The number of sulfonamides is 1. The van der Waals surface area contributed by atoms with Gasteiger partial charge in [-0.2, -0.15) is 0 Å². The van der Waals surface area contributed by atoms with E-state index in [1.165, 1.54) is 12.3 Å². The van der Waals surface area contributed by atoms with Gasteiger partial charge in [-0.15, -0.1) is 0 Å². The van der Waals surface area contributed by atoms with Crippen LogP contribution in [0, 0.1) is 0 Å². The number of esters is 1. The van der Waals surface area contributed by atoms with Crippen LogP contribution in [0.1, 0.15) is 29.3 Å². The van der Waals surface area contributed by atoms with E-state index in [9.17, 15) is 18.0 Å². The highest BCUT2D eigenvalue weighted by Gasteiger charge is 2.30. The van der Waals surface area contributed by atoms with Crippen LogP contribution in [-0.2, 0) is 19.6 Å². The normalized spacial score (nSPS) is 18.0. The lowest BCUT2D eigenvalue weighted by molar-refractivity contribution is -0.131. The van der Waals surface area contributed by atoms with Crippen LogP contribution >= 0.6 is 0 Å². The summed E-state index contributed by atoms with van der Waals surface area (Å²) >= 11 is 0. The quantitative estimate of drug-likeness (QED) is 0.625. The van der Waals surface area contributed by atoms with Crippen LogP contribution in [0.4, 0.5) is 5.82 Å². The minimum atomic E-state index is -3.58. The number of nitrogens with one attached hydrogen (secondary N) is 1. The molecule has 0 saturated carbocycles. The number of aromatic nitrogens is 1. The minimum Gasteiger partial charge on any atom is -0.462 e. The van der Waals surface area contributed by atoms with E-state index in [-0.39, 0.29) is 29.6 Å². The third-order valence-corrected chi connectivity index (χ3v) is 6.87. The average Bonchev–Trinajstić information content (AvgIpc) is 3.09. The zero-order valence-electron chi connectivity index (χ0n) is 18.2. The van der Waals surface area contributed by atoms with Gasteiger partial charge in [0.05, 0.1) is 23.6 Å². The fourth-order valence-electron chi connectivity index (χ4n) is 3.77. The Morgan fingerprint density at radius 2 is 1.88 bits per heavy atom. The summed E-state index contributed by atoms with van der Waals surface area (Å²) in [6, 6.07) is 10.1. The fourth-order valence-corrected chi connectivity index (χ4v) is 5.02. The molecule has 2 aromatic rings. The zero-order chi connectivity index (χ0) is 23.4. The summed E-state index contributed by atoms with van der Waals surface area (Å²) in [5.74, 6) is 0.595. The third-order valence-electron chi connectivity index (χ3n) is 5.47. The number of piperazine rings is 1. The highest BCUT2D eigenvalue weighted by Crippen LogP contribution is 2.22. The molecule has 3 heterocycles. The minimum absolute atomic E-state index is 0.0289. The topological polar surface area (TPSA) is 121 Å². The highest BCUT2D eigenvalue weighted by molar-refractivity contribution is 7.90. The summed E-state index contributed by atoms with van der Waals surface area (Å²) in [5, 5.41) is 0. The Kier molecular flexibility index (Phi) is 6.59. The molecule has 33 heavy (non-hydrogen) atoms. The van der Waals surface area contributed by atoms with E-state index in [1.54, 1.807) is 42.2 Å². The predicted octanol–water partition coefficient (Wildman–Crippen LogP) is 1.04. The van der Waals surface area contributed by atoms with Crippen LogP contribution in [0.15, 0.2) is 52.5 Å². The molecule has 1 aromatic carbocycles. The molecule has 0 unspecified atom stereocenters. The van der Waals surface area contributed by atoms with Crippen molar-refractivity contribution in [1.82, 2.24) is 14.6 Å². The molecule has 0 atom stereocenters. The molecule has 0 spiro atoms. The van der Waals surface area contributed by atoms with Crippen molar-refractivity contribution < 1.29 is 22.7 Å². The molecular weight excluding hydrogens is 446 g/mol. The van der Waals surface area contributed by atoms with Crippen LogP contribution < -0.4 is 9.62 Å². The van der Waals surface area contributed by atoms with Crippen molar-refractivity contribution in [3.63, 3.8) is 0 Å². The van der Waals surface area contributed by atoms with Gasteiger partial charge in [-0.05, 0) is 31.2 Å². The number of pyridine rings is 1. The molecule has 174 valence electrons. The summed E-state index contributed by atoms with van der Waals surface area (Å²) < 4.78 is 31.7. The lowest BCUT2D eigenvalue weighted by atomic mass is 10.2. The summed E-state index contributed by atoms with van der Waals surface area (Å²) in [6.07, 6.45) is 1.69. The average molecular weight is 472 g/mol. The second-order valence-corrected chi connectivity index (χ2v) is 9.23. The molecule has 4 rings (SSSR count). The van der Waals surface area contributed by atoms with Crippen molar-refractivity contribution in [1.29, 1.82) is 0 Å². The van der Waals surface area contributed by atoms with Gasteiger partial charge in [0.15, 0.2) is 0 Å². The SMILES string of the molecule is CCOC(=O)c1ccc(N2CCN(C(=O)CCN=C3NS(=O)(=O)c4ccccc43)CC2)nc1. The van der Waals surface area contributed by atoms with Crippen molar-refractivity contribution in [3.8, 4) is 0 Å². The number of aliphatic imine (C=N–C) groups is 1. The summed E-state index contributed by atoms with van der Waals surface area (Å²) in [5.41, 5.74) is 0.934. The van der Waals surface area contributed by atoms with Gasteiger partial charge in [0.25, 0.3) is 10.0 Å². The van der Waals surface area contributed by atoms with Crippen molar-refractivity contribution >= 4 is 33.6 Å². The monoisotopic (exact) mass is 471 g/mol. The number of nitrogens with zero attached hydrogens (tertiary/aromatic N) is 4. The van der Waals surface area contributed by atoms with E-state index < -0.39 is 16.0 Å². The van der Waals surface area contributed by atoms with Crippen molar-refractivity contribution in [2.75, 3.05) is 44.2 Å². The first-order valence-electron chi connectivity index (χ1n) is 10.7. The molecule has 0 aliphatic carbocycles. The zero-order valence-corrected chi connectivity index (χ0v) is 19.0. The van der Waals surface area contributed by atoms with Gasteiger partial charge in [0.1, 0.15) is 11.7 Å². The molecule has 1 amide bonds.